The monoisotopic (exact) mass is 1640 g/mol. The van der Waals surface area contributed by atoms with Gasteiger partial charge in [-0.1, -0.05) is 6.42 Å². The molecule has 0 radical (unpaired) electrons. The molecule has 654 valence electrons. The fourth-order valence-corrected chi connectivity index (χ4v) is 11.9. The summed E-state index contributed by atoms with van der Waals surface area (Å²) in [6, 6.07) is -0.506. The molecule has 0 unspecified atom stereocenters. The van der Waals surface area contributed by atoms with Crippen LogP contribution in [0.3, 0.4) is 0 Å². The number of rotatable bonds is 49. The lowest BCUT2D eigenvalue weighted by molar-refractivity contribution is -0.366. The fraction of sp³-hybridized carbons (Fsp3) is 0.924. The van der Waals surface area contributed by atoms with Gasteiger partial charge in [0, 0.05) is 38.8 Å². The van der Waals surface area contributed by atoms with Crippen LogP contribution in [0.1, 0.15) is 71.6 Å². The van der Waals surface area contributed by atoms with Crippen molar-refractivity contribution >= 4 is 29.3 Å². The number of nitrogens with one attached hydrogen (secondary N) is 4. The van der Waals surface area contributed by atoms with Crippen LogP contribution in [-0.4, -0.2) is 447 Å². The first kappa shape index (κ1) is 98.8. The van der Waals surface area contributed by atoms with Gasteiger partial charge in [-0.15, -0.1) is 0 Å². The van der Waals surface area contributed by atoms with E-state index in [-0.39, 0.29) is 135 Å². The molecule has 6 heterocycles. The van der Waals surface area contributed by atoms with Crippen LogP contribution in [0, 0.1) is 0 Å². The summed E-state index contributed by atoms with van der Waals surface area (Å²) < 4.78 is 87.9. The van der Waals surface area contributed by atoms with Gasteiger partial charge in [0.1, 0.15) is 158 Å². The second-order valence-corrected chi connectivity index (χ2v) is 27.0. The van der Waals surface area contributed by atoms with Crippen molar-refractivity contribution in [2.24, 2.45) is 5.73 Å². The van der Waals surface area contributed by atoms with Crippen molar-refractivity contribution in [3.05, 3.63) is 0 Å². The smallest absolute Gasteiger partial charge is 0.236 e. The summed E-state index contributed by atoms with van der Waals surface area (Å²) in [7, 11) is 0. The molecule has 0 bridgehead atoms. The zero-order valence-electron chi connectivity index (χ0n) is 62.3. The van der Waals surface area contributed by atoms with Crippen molar-refractivity contribution in [2.75, 3.05) is 125 Å². The third kappa shape index (κ3) is 30.9. The summed E-state index contributed by atoms with van der Waals surface area (Å²) >= 11 is 0. The van der Waals surface area contributed by atoms with Crippen LogP contribution in [0.5, 0.6) is 0 Å². The summed E-state index contributed by atoms with van der Waals surface area (Å²) in [5, 5.41) is 211. The first-order chi connectivity index (χ1) is 53.5. The third-order valence-corrected chi connectivity index (χ3v) is 18.6. The van der Waals surface area contributed by atoms with Crippen LogP contribution < -0.4 is 27.2 Å². The van der Waals surface area contributed by atoms with Crippen LogP contribution in [0.25, 0.3) is 0 Å². The number of hydrogen-bond acceptors (Lipinski definition) is 43. The molecule has 112 heavy (non-hydrogen) atoms. The van der Waals surface area contributed by atoms with E-state index in [0.29, 0.717) is 19.5 Å². The van der Waals surface area contributed by atoms with E-state index < -0.39 is 236 Å². The van der Waals surface area contributed by atoms with Gasteiger partial charge >= 0.3 is 0 Å². The molecular formula is C66H119N5O41. The van der Waals surface area contributed by atoms with Crippen molar-refractivity contribution < 1.29 is 202 Å². The van der Waals surface area contributed by atoms with Crippen molar-refractivity contribution in [1.82, 2.24) is 21.5 Å². The van der Waals surface area contributed by atoms with E-state index >= 15 is 0 Å². The predicted octanol–water partition coefficient (Wildman–Crippen LogP) is -14.2. The first-order valence-electron chi connectivity index (χ1n) is 37.1. The summed E-state index contributed by atoms with van der Waals surface area (Å²) in [5.41, 5.74) is 10.7. The van der Waals surface area contributed by atoms with Crippen molar-refractivity contribution in [2.45, 2.75) is 262 Å². The molecule has 46 heteroatoms. The molecule has 6 aliphatic rings. The van der Waals surface area contributed by atoms with E-state index in [9.17, 15) is 126 Å². The lowest BCUT2D eigenvalue weighted by atomic mass is 9.96. The minimum absolute atomic E-state index is 0.0342. The molecule has 0 aliphatic carbocycles. The number of aliphatic hydroxyl groups excluding tert-OH is 20. The van der Waals surface area contributed by atoms with Crippen LogP contribution in [-0.2, 0) is 99.8 Å². The van der Waals surface area contributed by atoms with Gasteiger partial charge in [-0.2, -0.15) is 0 Å². The van der Waals surface area contributed by atoms with Crippen LogP contribution in [0.15, 0.2) is 0 Å². The third-order valence-electron chi connectivity index (χ3n) is 18.6. The van der Waals surface area contributed by atoms with Crippen molar-refractivity contribution in [3.8, 4) is 0 Å². The average molecular weight is 1640 g/mol. The van der Waals surface area contributed by atoms with Gasteiger partial charge < -0.3 is 194 Å². The number of amides is 3. The minimum atomic E-state index is -1.91. The number of ketones is 2. The molecule has 0 spiro atoms. The molecule has 6 aliphatic heterocycles. The van der Waals surface area contributed by atoms with Crippen LogP contribution in [0.2, 0.25) is 0 Å². The molecule has 3 amide bonds. The second kappa shape index (κ2) is 52.2. The molecule has 6 fully saturated rings. The van der Waals surface area contributed by atoms with Gasteiger partial charge in [-0.25, -0.2) is 5.43 Å². The summed E-state index contributed by atoms with van der Waals surface area (Å²) in [5.74, 6) is -1.14. The van der Waals surface area contributed by atoms with Crippen molar-refractivity contribution in [3.63, 3.8) is 0 Å². The number of aliphatic hydroxyl groups is 20. The van der Waals surface area contributed by atoms with Gasteiger partial charge in [-0.3, -0.25) is 29.4 Å². The van der Waals surface area contributed by atoms with E-state index in [0.717, 1.165) is 12.8 Å². The summed E-state index contributed by atoms with van der Waals surface area (Å²) in [6.07, 6.45) is -47.5. The summed E-state index contributed by atoms with van der Waals surface area (Å²) in [4.78, 5) is 59.9. The van der Waals surface area contributed by atoms with Gasteiger partial charge in [0.2, 0.25) is 17.7 Å². The Kier molecular flexibility index (Phi) is 46.1. The number of carbonyl (C=O) groups is 5. The highest BCUT2D eigenvalue weighted by atomic mass is 16.8. The van der Waals surface area contributed by atoms with E-state index in [1.807, 2.05) is 6.92 Å². The number of carbonyl (C=O) groups excluding carboxylic acids is 5. The molecule has 46 nitrogen and oxygen atoms in total. The normalized spacial score (nSPS) is 36.6. The highest BCUT2D eigenvalue weighted by Gasteiger charge is 2.55. The largest absolute Gasteiger partial charge is 0.394 e. The summed E-state index contributed by atoms with van der Waals surface area (Å²) in [6.45, 7) is 0.853. The molecule has 0 aromatic rings. The zero-order chi connectivity index (χ0) is 82.7. The van der Waals surface area contributed by atoms with E-state index in [1.165, 1.54) is 6.92 Å². The van der Waals surface area contributed by atoms with Gasteiger partial charge in [-0.05, 0) is 39.7 Å². The quantitative estimate of drug-likeness (QED) is 0.0199. The van der Waals surface area contributed by atoms with Crippen molar-refractivity contribution in [1.29, 1.82) is 0 Å². The topological polar surface area (TPSA) is 712 Å². The van der Waals surface area contributed by atoms with Crippen LogP contribution >= 0.6 is 0 Å². The molecule has 26 N–H and O–H groups in total. The number of hydrogen-bond donors (Lipinski definition) is 25. The maximum absolute atomic E-state index is 12.4. The highest BCUT2D eigenvalue weighted by molar-refractivity contribution is 5.82. The molecule has 0 aromatic carbocycles. The zero-order valence-corrected chi connectivity index (χ0v) is 62.3. The standard InChI is InChI=1S/C35H64N4O21.C31H55NO20/c1-17(42)18(4-2-3-7-36)38-39-23(44)6-10-54-13-12-53-9-5-22(43)37-8-11-55-34-31(52)32(60-35-30(51)28(49)25(46)20(15-41)58-35)26(47)21(59-34)16-56-33-29(50)27(48)24(45)19(14-40)57-33;1-2-32-19(36)6-9-46-11-10-45-8-5-15(35)4-3-7-47-30-27(44)28(52-31-26(43)24(41)21(38)17(13-34)50-31)22(39)18(51-30)14-48-29-25(42)23(40)20(37)16(12-33)49-29/h18-21,24-35,38,40-41,45-52H,2-16,36H2,1H3,(H,37,43)(H,39,44);16-18,20-31,33-34,37-44H,2-14H2,1H3,(H,32,36)/t18-,19+,20+,21+,24+,25+,26+,27-,28-,29-,30-,31-,32-,33-,34-,35+;16-,17-,18-,20-,21-,22-,23+,24+,25+,26+,27+,28+,29+,30+,31-/m01/s1. The molecule has 6 rings (SSSR count). The minimum Gasteiger partial charge on any atom is -0.394 e. The second-order valence-electron chi connectivity index (χ2n) is 27.0. The lowest BCUT2D eigenvalue weighted by Gasteiger charge is -2.46. The van der Waals surface area contributed by atoms with Crippen LogP contribution in [0.4, 0.5) is 0 Å². The molecule has 31 atom stereocenters. The lowest BCUT2D eigenvalue weighted by Crippen LogP contribution is -2.65. The van der Waals surface area contributed by atoms with Gasteiger partial charge in [0.05, 0.1) is 118 Å². The Balaban J connectivity index is 0.000000405. The molecule has 6 saturated heterocycles. The fourth-order valence-electron chi connectivity index (χ4n) is 11.9. The molecular weight excluding hydrogens is 1520 g/mol. The maximum atomic E-state index is 12.4. The Hall–Kier alpha value is -3.77. The Morgan fingerprint density at radius 1 is 0.366 bits per heavy atom. The molecule has 0 saturated carbocycles. The number of nitrogens with two attached hydrogens (primary N) is 1. The average Bonchev–Trinajstić information content (AvgIpc) is 0.795. The number of Topliss-reactive ketones (excluding diaryl/α,β-unsaturated/α-hetero) is 2. The highest BCUT2D eigenvalue weighted by Crippen LogP contribution is 2.34. The number of ether oxygens (including phenoxy) is 16. The number of hydrazine groups is 1. The Morgan fingerprint density at radius 2 is 0.723 bits per heavy atom. The van der Waals surface area contributed by atoms with E-state index in [4.69, 9.17) is 81.5 Å². The van der Waals surface area contributed by atoms with Gasteiger partial charge in [0.25, 0.3) is 0 Å². The molecule has 0 aromatic heterocycles. The maximum Gasteiger partial charge on any atom is 0.236 e. The van der Waals surface area contributed by atoms with Gasteiger partial charge in [0.15, 0.2) is 37.7 Å². The first-order valence-corrected chi connectivity index (χ1v) is 37.1. The number of unbranched alkanes of at least 4 members (excludes halogenated alkanes) is 1. The Morgan fingerprint density at radius 3 is 1.12 bits per heavy atom. The predicted molar refractivity (Wildman–Crippen MR) is 366 cm³/mol. The Labute approximate surface area is 643 Å². The SMILES string of the molecule is CC(=O)[C@H](CCCCN)NNC(=O)CCOCCOCCC(=O)NCCO[C@H]1O[C@H](CO[C@H]2O[C@H](CO)[C@@H](O)[C@H](O)[C@@H]2O)[C@@H](O)[C@H](O[C@H]2O[C@H](CO)[C@@H](O)[C@H](O)[C@@H]2O)[C@@H]1O.CCNC(=O)CCOCCOCCC(=O)CCCO[C@H]1O[C@H](CO[C@H]2O[C@H](CO)[C@@H](O)[C@H](O)[C@@H]2O)[C@@H](O)[C@H](O[C@H]2O[C@H](CO)[C@@H](O)[C@H](O)[C@@H]2O)[C@@H]1O. The van der Waals surface area contributed by atoms with E-state index in [2.05, 4.69) is 21.5 Å². The Bertz CT molecular complexity index is 2640. The van der Waals surface area contributed by atoms with E-state index in [1.54, 1.807) is 0 Å².